The molecule has 19 heavy (non-hydrogen) atoms. The van der Waals surface area contributed by atoms with Gasteiger partial charge in [0.1, 0.15) is 0 Å². The molecule has 2 heterocycles. The minimum absolute atomic E-state index is 0.237. The smallest absolute Gasteiger partial charge is 0.227 e. The number of rotatable bonds is 2. The fourth-order valence-electron chi connectivity index (χ4n) is 3.19. The number of hydrogen-bond donors (Lipinski definition) is 1. The Bertz CT molecular complexity index is 478. The van der Waals surface area contributed by atoms with Crippen molar-refractivity contribution in [3.8, 4) is 0 Å². The van der Waals surface area contributed by atoms with Crippen molar-refractivity contribution in [1.29, 1.82) is 0 Å². The van der Waals surface area contributed by atoms with Crippen LogP contribution in [-0.2, 0) is 17.6 Å². The van der Waals surface area contributed by atoms with Gasteiger partial charge in [-0.3, -0.25) is 4.79 Å². The second-order valence-electron chi connectivity index (χ2n) is 5.77. The van der Waals surface area contributed by atoms with Crippen LogP contribution in [-0.4, -0.2) is 25.5 Å². The third kappa shape index (κ3) is 2.66. The molecule has 1 unspecified atom stereocenters. The molecule has 2 aliphatic heterocycles. The number of anilines is 1. The molecule has 3 nitrogen and oxygen atoms in total. The Balaban J connectivity index is 1.78. The zero-order valence-electron chi connectivity index (χ0n) is 11.6. The molecular weight excluding hydrogens is 236 g/mol. The highest BCUT2D eigenvalue weighted by Gasteiger charge is 2.21. The summed E-state index contributed by atoms with van der Waals surface area (Å²) in [4.78, 5) is 13.6. The highest BCUT2D eigenvalue weighted by molar-refractivity contribution is 5.95. The average Bonchev–Trinajstić information content (AvgIpc) is 2.45. The number of amides is 1. The Kier molecular flexibility index (Phi) is 3.56. The molecule has 2 aliphatic rings. The van der Waals surface area contributed by atoms with E-state index in [-0.39, 0.29) is 5.91 Å². The van der Waals surface area contributed by atoms with Crippen molar-refractivity contribution in [2.24, 2.45) is 0 Å². The molecule has 1 saturated heterocycles. The van der Waals surface area contributed by atoms with Gasteiger partial charge in [0.05, 0.1) is 0 Å². The number of nitrogens with zero attached hydrogens (tertiary/aromatic N) is 1. The van der Waals surface area contributed by atoms with Gasteiger partial charge in [0.15, 0.2) is 0 Å². The van der Waals surface area contributed by atoms with Gasteiger partial charge < -0.3 is 10.2 Å². The highest BCUT2D eigenvalue weighted by Crippen LogP contribution is 2.28. The number of benzene rings is 1. The number of nitrogens with one attached hydrogen (secondary N) is 1. The van der Waals surface area contributed by atoms with E-state index in [0.717, 1.165) is 25.1 Å². The van der Waals surface area contributed by atoms with Crippen LogP contribution in [0.2, 0.25) is 0 Å². The van der Waals surface area contributed by atoms with E-state index in [9.17, 15) is 4.79 Å². The lowest BCUT2D eigenvalue weighted by molar-refractivity contribution is -0.118. The van der Waals surface area contributed by atoms with Gasteiger partial charge in [0.2, 0.25) is 5.91 Å². The third-order valence-electron chi connectivity index (χ3n) is 4.39. The molecule has 1 amide bonds. The van der Waals surface area contributed by atoms with Crippen LogP contribution in [0.25, 0.3) is 0 Å². The molecule has 1 aromatic carbocycles. The molecule has 1 N–H and O–H groups in total. The van der Waals surface area contributed by atoms with E-state index in [2.05, 4.69) is 23.5 Å². The van der Waals surface area contributed by atoms with Crippen molar-refractivity contribution in [2.75, 3.05) is 18.5 Å². The van der Waals surface area contributed by atoms with E-state index in [0.29, 0.717) is 12.5 Å². The lowest BCUT2D eigenvalue weighted by Gasteiger charge is -2.28. The predicted molar refractivity (Wildman–Crippen MR) is 77.5 cm³/mol. The number of carbonyl (C=O) groups excluding carboxylic acids is 1. The Morgan fingerprint density at radius 1 is 1.32 bits per heavy atom. The first kappa shape index (κ1) is 12.7. The molecule has 102 valence electrons. The van der Waals surface area contributed by atoms with Crippen LogP contribution in [0, 0.1) is 0 Å². The van der Waals surface area contributed by atoms with Crippen molar-refractivity contribution in [2.45, 2.75) is 44.6 Å². The zero-order valence-corrected chi connectivity index (χ0v) is 11.6. The molecule has 1 fully saturated rings. The molecular formula is C16H22N2O. The maximum absolute atomic E-state index is 11.8. The van der Waals surface area contributed by atoms with Crippen molar-refractivity contribution >= 4 is 11.6 Å². The van der Waals surface area contributed by atoms with E-state index < -0.39 is 0 Å². The molecule has 1 aromatic rings. The minimum Gasteiger partial charge on any atom is -0.315 e. The van der Waals surface area contributed by atoms with Crippen LogP contribution in [0.1, 0.15) is 36.8 Å². The number of carbonyl (C=O) groups is 1. The molecule has 3 heteroatoms. The van der Waals surface area contributed by atoms with E-state index in [1.54, 1.807) is 0 Å². The van der Waals surface area contributed by atoms with Crippen molar-refractivity contribution < 1.29 is 4.79 Å². The summed E-state index contributed by atoms with van der Waals surface area (Å²) in [6.45, 7) is 1.15. The second-order valence-corrected chi connectivity index (χ2v) is 5.77. The molecule has 0 spiro atoms. The van der Waals surface area contributed by atoms with Crippen LogP contribution >= 0.6 is 0 Å². The van der Waals surface area contributed by atoms with Gasteiger partial charge in [-0.2, -0.15) is 0 Å². The summed E-state index contributed by atoms with van der Waals surface area (Å²) in [6.07, 6.45) is 6.52. The van der Waals surface area contributed by atoms with Crippen LogP contribution in [0.4, 0.5) is 5.69 Å². The van der Waals surface area contributed by atoms with Gasteiger partial charge in [-0.1, -0.05) is 18.6 Å². The lowest BCUT2D eigenvalue weighted by Crippen LogP contribution is -2.36. The van der Waals surface area contributed by atoms with Crippen molar-refractivity contribution in [3.05, 3.63) is 29.3 Å². The fraction of sp³-hybridized carbons (Fsp3) is 0.562. The van der Waals surface area contributed by atoms with E-state index >= 15 is 0 Å². The lowest BCUT2D eigenvalue weighted by atomic mass is 9.94. The maximum atomic E-state index is 11.8. The van der Waals surface area contributed by atoms with Crippen LogP contribution in [0.3, 0.4) is 0 Å². The SMILES string of the molecule is CN1C(=O)CCc2ccc(CC3CCCCN3)cc21. The summed E-state index contributed by atoms with van der Waals surface area (Å²) in [6, 6.07) is 7.26. The monoisotopic (exact) mass is 258 g/mol. The van der Waals surface area contributed by atoms with Gasteiger partial charge in [-0.05, 0) is 49.4 Å². The van der Waals surface area contributed by atoms with Crippen LogP contribution in [0.15, 0.2) is 18.2 Å². The topological polar surface area (TPSA) is 32.3 Å². The summed E-state index contributed by atoms with van der Waals surface area (Å²) in [5, 5.41) is 3.59. The summed E-state index contributed by atoms with van der Waals surface area (Å²) >= 11 is 0. The minimum atomic E-state index is 0.237. The molecule has 0 aromatic heterocycles. The summed E-state index contributed by atoms with van der Waals surface area (Å²) in [7, 11) is 1.89. The largest absolute Gasteiger partial charge is 0.315 e. The number of piperidine rings is 1. The first-order valence-electron chi connectivity index (χ1n) is 7.36. The number of hydrogen-bond acceptors (Lipinski definition) is 2. The molecule has 0 radical (unpaired) electrons. The van der Waals surface area contributed by atoms with E-state index in [1.807, 2.05) is 11.9 Å². The average molecular weight is 258 g/mol. The standard InChI is InChI=1S/C16H22N2O/c1-18-15-11-12(10-14-4-2-3-9-17-14)5-6-13(15)7-8-16(18)19/h5-6,11,14,17H,2-4,7-10H2,1H3. The maximum Gasteiger partial charge on any atom is 0.227 e. The predicted octanol–water partition coefficient (Wildman–Crippen LogP) is 2.28. The Labute approximate surface area is 115 Å². The molecule has 0 bridgehead atoms. The first-order valence-corrected chi connectivity index (χ1v) is 7.36. The van der Waals surface area contributed by atoms with E-state index in [4.69, 9.17) is 0 Å². The quantitative estimate of drug-likeness (QED) is 0.882. The normalized spacial score (nSPS) is 23.3. The summed E-state index contributed by atoms with van der Waals surface area (Å²) < 4.78 is 0. The van der Waals surface area contributed by atoms with Crippen molar-refractivity contribution in [1.82, 2.24) is 5.32 Å². The van der Waals surface area contributed by atoms with Gasteiger partial charge in [-0.25, -0.2) is 0 Å². The molecule has 0 aliphatic carbocycles. The first-order chi connectivity index (χ1) is 9.24. The van der Waals surface area contributed by atoms with Crippen LogP contribution < -0.4 is 10.2 Å². The summed E-state index contributed by atoms with van der Waals surface area (Å²) in [5.41, 5.74) is 3.77. The fourth-order valence-corrected chi connectivity index (χ4v) is 3.19. The number of fused-ring (bicyclic) bond motifs is 1. The Morgan fingerprint density at radius 3 is 3.00 bits per heavy atom. The van der Waals surface area contributed by atoms with Crippen molar-refractivity contribution in [3.63, 3.8) is 0 Å². The zero-order chi connectivity index (χ0) is 13.2. The summed E-state index contributed by atoms with van der Waals surface area (Å²) in [5.74, 6) is 0.237. The van der Waals surface area contributed by atoms with Crippen LogP contribution in [0.5, 0.6) is 0 Å². The van der Waals surface area contributed by atoms with E-state index in [1.165, 1.54) is 30.4 Å². The molecule has 3 rings (SSSR count). The number of aryl methyl sites for hydroxylation is 1. The van der Waals surface area contributed by atoms with Gasteiger partial charge in [-0.15, -0.1) is 0 Å². The highest BCUT2D eigenvalue weighted by atomic mass is 16.2. The molecule has 1 atom stereocenters. The van der Waals surface area contributed by atoms with Gasteiger partial charge in [0, 0.05) is 25.2 Å². The Morgan fingerprint density at radius 2 is 2.21 bits per heavy atom. The molecule has 0 saturated carbocycles. The Hall–Kier alpha value is -1.35. The second kappa shape index (κ2) is 5.33. The third-order valence-corrected chi connectivity index (χ3v) is 4.39. The van der Waals surface area contributed by atoms with Gasteiger partial charge >= 0.3 is 0 Å². The van der Waals surface area contributed by atoms with Gasteiger partial charge in [0.25, 0.3) is 0 Å².